The first-order valence-corrected chi connectivity index (χ1v) is 7.77. The molecule has 0 saturated carbocycles. The fraction of sp³-hybridized carbons (Fsp3) is 0.0714. The number of nitrogens with two attached hydrogens (primary N) is 1. The van der Waals surface area contributed by atoms with Gasteiger partial charge < -0.3 is 10.7 Å². The van der Waals surface area contributed by atoms with Crippen molar-refractivity contribution in [2.45, 2.75) is 11.8 Å². The van der Waals surface area contributed by atoms with Gasteiger partial charge in [0.05, 0.1) is 5.69 Å². The number of aromatic amines is 1. The fourth-order valence-corrected chi connectivity index (χ4v) is 3.41. The second kappa shape index (κ2) is 4.78. The number of H-pyrrole nitrogens is 1. The summed E-state index contributed by atoms with van der Waals surface area (Å²) in [5.74, 6) is 0. The van der Waals surface area contributed by atoms with Crippen molar-refractivity contribution in [3.63, 3.8) is 0 Å². The maximum atomic E-state index is 12.5. The topological polar surface area (TPSA) is 101 Å². The highest BCUT2D eigenvalue weighted by Crippen LogP contribution is 2.26. The van der Waals surface area contributed by atoms with Crippen LogP contribution in [0.15, 0.2) is 47.6 Å². The van der Waals surface area contributed by atoms with E-state index in [0.717, 1.165) is 0 Å². The summed E-state index contributed by atoms with van der Waals surface area (Å²) < 4.78 is 27.6. The Labute approximate surface area is 122 Å². The summed E-state index contributed by atoms with van der Waals surface area (Å²) in [4.78, 5) is 7.10. The third-order valence-electron chi connectivity index (χ3n) is 3.32. The average Bonchev–Trinajstić information content (AvgIpc) is 2.88. The van der Waals surface area contributed by atoms with Crippen LogP contribution in [0, 0.1) is 6.92 Å². The zero-order valence-corrected chi connectivity index (χ0v) is 12.1. The number of fused-ring (bicyclic) bond motifs is 1. The van der Waals surface area contributed by atoms with Gasteiger partial charge >= 0.3 is 0 Å². The Morgan fingerprint density at radius 3 is 2.86 bits per heavy atom. The quantitative estimate of drug-likeness (QED) is 0.646. The molecule has 0 bridgehead atoms. The number of anilines is 2. The molecule has 0 saturated heterocycles. The van der Waals surface area contributed by atoms with Gasteiger partial charge in [-0.3, -0.25) is 4.72 Å². The first-order chi connectivity index (χ1) is 9.99. The van der Waals surface area contributed by atoms with Crippen molar-refractivity contribution in [2.75, 3.05) is 10.5 Å². The molecule has 0 aliphatic heterocycles. The van der Waals surface area contributed by atoms with E-state index in [2.05, 4.69) is 14.7 Å². The molecule has 0 aliphatic carbocycles. The number of aromatic nitrogens is 2. The van der Waals surface area contributed by atoms with Crippen molar-refractivity contribution in [3.05, 3.63) is 48.3 Å². The highest BCUT2D eigenvalue weighted by atomic mass is 32.2. The summed E-state index contributed by atoms with van der Waals surface area (Å²) >= 11 is 0. The number of rotatable bonds is 3. The van der Waals surface area contributed by atoms with Gasteiger partial charge in [0.25, 0.3) is 10.0 Å². The zero-order chi connectivity index (χ0) is 15.0. The van der Waals surface area contributed by atoms with Gasteiger partial charge in [-0.2, -0.15) is 0 Å². The van der Waals surface area contributed by atoms with Gasteiger partial charge in [-0.15, -0.1) is 0 Å². The molecule has 0 aliphatic rings. The second-order valence-corrected chi connectivity index (χ2v) is 6.33. The Kier molecular flexibility index (Phi) is 3.06. The predicted molar refractivity (Wildman–Crippen MR) is 82.5 cm³/mol. The molecule has 3 aromatic rings. The standard InChI is InChI=1S/C14H14N4O2S/c1-9-11(15)5-2-6-12(9)18-21(19,20)13-8-17-14-10(13)4-3-7-16-14/h2-8,18H,15H2,1H3,(H,16,17). The minimum atomic E-state index is -3.71. The summed E-state index contributed by atoms with van der Waals surface area (Å²) in [7, 11) is -3.71. The molecule has 2 aromatic heterocycles. The van der Waals surface area contributed by atoms with Gasteiger partial charge in [0.2, 0.25) is 0 Å². The van der Waals surface area contributed by atoms with Crippen LogP contribution in [0.3, 0.4) is 0 Å². The Balaban J connectivity index is 2.07. The Morgan fingerprint density at radius 2 is 2.05 bits per heavy atom. The van der Waals surface area contributed by atoms with Crippen LogP contribution in [0.1, 0.15) is 5.56 Å². The largest absolute Gasteiger partial charge is 0.398 e. The van der Waals surface area contributed by atoms with Crippen LogP contribution in [-0.4, -0.2) is 18.4 Å². The Hall–Kier alpha value is -2.54. The lowest BCUT2D eigenvalue weighted by molar-refractivity contribution is 0.602. The number of hydrogen-bond acceptors (Lipinski definition) is 4. The van der Waals surface area contributed by atoms with Gasteiger partial charge in [-0.1, -0.05) is 6.07 Å². The molecule has 7 heteroatoms. The van der Waals surface area contributed by atoms with Gasteiger partial charge in [0.15, 0.2) is 0 Å². The Bertz CT molecular complexity index is 916. The molecule has 2 heterocycles. The molecule has 0 amide bonds. The van der Waals surface area contributed by atoms with Crippen LogP contribution in [-0.2, 0) is 10.0 Å². The SMILES string of the molecule is Cc1c(N)cccc1NS(=O)(=O)c1c[nH]c2ncccc12. The molecular formula is C14H14N4O2S. The molecule has 0 spiro atoms. The predicted octanol–water partition coefficient (Wildman–Crippen LogP) is 2.25. The van der Waals surface area contributed by atoms with Crippen molar-refractivity contribution in [1.82, 2.24) is 9.97 Å². The van der Waals surface area contributed by atoms with Crippen LogP contribution in [0.25, 0.3) is 11.0 Å². The highest BCUT2D eigenvalue weighted by Gasteiger charge is 2.20. The minimum absolute atomic E-state index is 0.160. The molecule has 0 fully saturated rings. The summed E-state index contributed by atoms with van der Waals surface area (Å²) in [6, 6.07) is 8.51. The number of nitrogen functional groups attached to an aromatic ring is 1. The molecule has 6 nitrogen and oxygen atoms in total. The molecule has 4 N–H and O–H groups in total. The van der Waals surface area contributed by atoms with Crippen LogP contribution in [0.5, 0.6) is 0 Å². The average molecular weight is 302 g/mol. The fourth-order valence-electron chi connectivity index (χ4n) is 2.12. The lowest BCUT2D eigenvalue weighted by Gasteiger charge is -2.11. The highest BCUT2D eigenvalue weighted by molar-refractivity contribution is 7.93. The number of pyridine rings is 1. The van der Waals surface area contributed by atoms with Crippen molar-refractivity contribution < 1.29 is 8.42 Å². The lowest BCUT2D eigenvalue weighted by Crippen LogP contribution is -2.13. The molecule has 0 atom stereocenters. The third-order valence-corrected chi connectivity index (χ3v) is 4.73. The van der Waals surface area contributed by atoms with E-state index >= 15 is 0 Å². The summed E-state index contributed by atoms with van der Waals surface area (Å²) in [5, 5.41) is 0.548. The molecule has 1 aromatic carbocycles. The van der Waals surface area contributed by atoms with Gasteiger partial charge in [-0.25, -0.2) is 13.4 Å². The molecule has 108 valence electrons. The van der Waals surface area contributed by atoms with E-state index in [1.54, 1.807) is 43.5 Å². The lowest BCUT2D eigenvalue weighted by atomic mass is 10.2. The minimum Gasteiger partial charge on any atom is -0.398 e. The van der Waals surface area contributed by atoms with Crippen molar-refractivity contribution in [3.8, 4) is 0 Å². The Morgan fingerprint density at radius 1 is 1.24 bits per heavy atom. The van der Waals surface area contributed by atoms with Crippen LogP contribution in [0.4, 0.5) is 11.4 Å². The van der Waals surface area contributed by atoms with Gasteiger partial charge in [0, 0.05) is 23.5 Å². The maximum absolute atomic E-state index is 12.5. The number of sulfonamides is 1. The molecule has 0 unspecified atom stereocenters. The van der Waals surface area contributed by atoms with Crippen molar-refractivity contribution in [2.24, 2.45) is 0 Å². The van der Waals surface area contributed by atoms with Crippen molar-refractivity contribution >= 4 is 32.4 Å². The monoisotopic (exact) mass is 302 g/mol. The number of benzene rings is 1. The number of nitrogens with one attached hydrogen (secondary N) is 2. The van der Waals surface area contributed by atoms with Crippen LogP contribution >= 0.6 is 0 Å². The van der Waals surface area contributed by atoms with E-state index < -0.39 is 10.0 Å². The van der Waals surface area contributed by atoms with E-state index in [4.69, 9.17) is 5.73 Å². The molecule has 0 radical (unpaired) electrons. The second-order valence-electron chi connectivity index (χ2n) is 4.68. The van der Waals surface area contributed by atoms with E-state index in [-0.39, 0.29) is 4.90 Å². The van der Waals surface area contributed by atoms with Crippen molar-refractivity contribution in [1.29, 1.82) is 0 Å². The normalized spacial score (nSPS) is 11.7. The van der Waals surface area contributed by atoms with Gasteiger partial charge in [0.1, 0.15) is 10.5 Å². The third kappa shape index (κ3) is 2.31. The van der Waals surface area contributed by atoms with E-state index in [1.807, 2.05) is 0 Å². The first-order valence-electron chi connectivity index (χ1n) is 6.29. The van der Waals surface area contributed by atoms with E-state index in [0.29, 0.717) is 28.0 Å². The number of hydrogen-bond donors (Lipinski definition) is 3. The van der Waals surface area contributed by atoms with Crippen LogP contribution < -0.4 is 10.5 Å². The maximum Gasteiger partial charge on any atom is 0.264 e. The van der Waals surface area contributed by atoms with E-state index in [1.165, 1.54) is 6.20 Å². The summed E-state index contributed by atoms with van der Waals surface area (Å²) in [6.45, 7) is 1.77. The first kappa shape index (κ1) is 13.4. The number of nitrogens with zero attached hydrogens (tertiary/aromatic N) is 1. The van der Waals surface area contributed by atoms with Gasteiger partial charge in [-0.05, 0) is 36.8 Å². The molecular weight excluding hydrogens is 288 g/mol. The van der Waals surface area contributed by atoms with E-state index in [9.17, 15) is 8.42 Å². The molecule has 21 heavy (non-hydrogen) atoms. The summed E-state index contributed by atoms with van der Waals surface area (Å²) in [5.41, 5.74) is 8.02. The zero-order valence-electron chi connectivity index (χ0n) is 11.3. The molecule has 3 rings (SSSR count). The summed E-state index contributed by atoms with van der Waals surface area (Å²) in [6.07, 6.45) is 3.03. The smallest absolute Gasteiger partial charge is 0.264 e. The van der Waals surface area contributed by atoms with Crippen LogP contribution in [0.2, 0.25) is 0 Å².